The van der Waals surface area contributed by atoms with Crippen LogP contribution in [0.2, 0.25) is 0 Å². The summed E-state index contributed by atoms with van der Waals surface area (Å²) in [7, 11) is 1.64. The number of morpholine rings is 1. The maximum atomic E-state index is 12.6. The smallest absolute Gasteiger partial charge is 0.246 e. The number of methoxy groups -OCH3 is 1. The summed E-state index contributed by atoms with van der Waals surface area (Å²) < 4.78 is 11.2. The summed E-state index contributed by atoms with van der Waals surface area (Å²) >= 11 is 0. The van der Waals surface area contributed by atoms with Crippen LogP contribution in [-0.2, 0) is 9.53 Å². The van der Waals surface area contributed by atoms with E-state index in [1.54, 1.807) is 13.2 Å². The van der Waals surface area contributed by atoms with Gasteiger partial charge in [-0.25, -0.2) is 0 Å². The van der Waals surface area contributed by atoms with Crippen molar-refractivity contribution >= 4 is 11.5 Å². The number of ether oxygens (including phenoxy) is 2. The number of nitrogens with one attached hydrogen (secondary N) is 1. The lowest BCUT2D eigenvalue weighted by Gasteiger charge is -2.33. The average molecular weight is 316 g/mol. The van der Waals surface area contributed by atoms with Gasteiger partial charge in [0.2, 0.25) is 5.91 Å². The largest absolute Gasteiger partial charge is 0.497 e. The number of carbonyl (C=O) groups excluding carboxylic acids is 1. The van der Waals surface area contributed by atoms with E-state index in [-0.39, 0.29) is 11.5 Å². The van der Waals surface area contributed by atoms with Crippen LogP contribution in [0.5, 0.6) is 5.75 Å². The van der Waals surface area contributed by atoms with Gasteiger partial charge in [-0.2, -0.15) is 0 Å². The number of nitrogens with zero attached hydrogens (tertiary/aromatic N) is 1. The molecule has 0 aliphatic carbocycles. The van der Waals surface area contributed by atoms with Crippen molar-refractivity contribution in [3.8, 4) is 5.75 Å². The second-order valence-corrected chi connectivity index (χ2v) is 6.28. The number of rotatable bonds is 3. The molecule has 2 aliphatic heterocycles. The van der Waals surface area contributed by atoms with Gasteiger partial charge in [-0.05, 0) is 36.6 Å². The third kappa shape index (κ3) is 3.57. The summed E-state index contributed by atoms with van der Waals surface area (Å²) in [5.74, 6) is 0.848. The van der Waals surface area contributed by atoms with E-state index in [4.69, 9.17) is 9.47 Å². The maximum absolute atomic E-state index is 12.6. The van der Waals surface area contributed by atoms with Crippen molar-refractivity contribution in [1.29, 1.82) is 0 Å². The maximum Gasteiger partial charge on any atom is 0.246 e. The van der Waals surface area contributed by atoms with Crippen LogP contribution in [0.25, 0.3) is 5.57 Å². The molecular weight excluding hydrogens is 292 g/mol. The number of likely N-dealkylation sites (tertiary alicyclic amines) is 1. The Morgan fingerprint density at radius 1 is 1.48 bits per heavy atom. The summed E-state index contributed by atoms with van der Waals surface area (Å²) in [6, 6.07) is 7.76. The lowest BCUT2D eigenvalue weighted by molar-refractivity contribution is -0.127. The van der Waals surface area contributed by atoms with Crippen LogP contribution < -0.4 is 10.1 Å². The first kappa shape index (κ1) is 16.0. The standard InChI is InChI=1S/C18H24N2O3/c1-14(15-4-3-5-16(11-15)22-2)10-17(21)20-8-6-18(13-20)12-19-7-9-23-18/h3-5,10-11,19H,6-9,12-13H2,1-2H3/b14-10+. The molecule has 1 spiro atoms. The minimum atomic E-state index is -0.189. The van der Waals surface area contributed by atoms with E-state index in [1.165, 1.54) is 0 Å². The number of hydrogen-bond acceptors (Lipinski definition) is 4. The summed E-state index contributed by atoms with van der Waals surface area (Å²) in [5, 5.41) is 3.36. The molecular formula is C18H24N2O3. The Morgan fingerprint density at radius 2 is 2.35 bits per heavy atom. The predicted octanol–water partition coefficient (Wildman–Crippen LogP) is 1.69. The molecule has 3 rings (SSSR count). The van der Waals surface area contributed by atoms with Crippen LogP contribution in [0.1, 0.15) is 18.9 Å². The fraction of sp³-hybridized carbons (Fsp3) is 0.500. The number of allylic oxidation sites excluding steroid dienone is 1. The van der Waals surface area contributed by atoms with Crippen molar-refractivity contribution in [3.05, 3.63) is 35.9 Å². The van der Waals surface area contributed by atoms with Crippen LogP contribution in [-0.4, -0.2) is 56.3 Å². The van der Waals surface area contributed by atoms with Crippen molar-refractivity contribution in [1.82, 2.24) is 10.2 Å². The summed E-state index contributed by atoms with van der Waals surface area (Å²) in [6.07, 6.45) is 2.61. The third-order valence-electron chi connectivity index (χ3n) is 4.63. The summed E-state index contributed by atoms with van der Waals surface area (Å²) in [6.45, 7) is 5.82. The zero-order chi connectivity index (χ0) is 16.3. The van der Waals surface area contributed by atoms with Gasteiger partial charge in [0.15, 0.2) is 0 Å². The molecule has 2 aliphatic rings. The molecule has 0 aromatic heterocycles. The van der Waals surface area contributed by atoms with Crippen LogP contribution in [0.4, 0.5) is 0 Å². The molecule has 5 heteroatoms. The van der Waals surface area contributed by atoms with E-state index in [1.807, 2.05) is 36.1 Å². The van der Waals surface area contributed by atoms with Gasteiger partial charge in [0, 0.05) is 25.7 Å². The van der Waals surface area contributed by atoms with Crippen LogP contribution >= 0.6 is 0 Å². The minimum absolute atomic E-state index is 0.0522. The van der Waals surface area contributed by atoms with E-state index < -0.39 is 0 Å². The van der Waals surface area contributed by atoms with Gasteiger partial charge in [-0.1, -0.05) is 12.1 Å². The molecule has 1 amide bonds. The fourth-order valence-corrected chi connectivity index (χ4v) is 3.23. The van der Waals surface area contributed by atoms with Gasteiger partial charge in [-0.3, -0.25) is 4.79 Å². The highest BCUT2D eigenvalue weighted by molar-refractivity contribution is 5.95. The Kier molecular flexibility index (Phi) is 4.68. The van der Waals surface area contributed by atoms with Crippen molar-refractivity contribution in [3.63, 3.8) is 0 Å². The molecule has 0 saturated carbocycles. The molecule has 1 atom stereocenters. The van der Waals surface area contributed by atoms with Crippen LogP contribution in [0.15, 0.2) is 30.3 Å². The van der Waals surface area contributed by atoms with Crippen molar-refractivity contribution in [2.45, 2.75) is 18.9 Å². The number of carbonyl (C=O) groups is 1. The lowest BCUT2D eigenvalue weighted by Crippen LogP contribution is -2.51. The molecule has 23 heavy (non-hydrogen) atoms. The van der Waals surface area contributed by atoms with Gasteiger partial charge in [0.05, 0.1) is 25.9 Å². The normalized spacial score (nSPS) is 25.0. The zero-order valence-corrected chi connectivity index (χ0v) is 13.8. The molecule has 124 valence electrons. The molecule has 2 saturated heterocycles. The first-order chi connectivity index (χ1) is 11.1. The molecule has 2 heterocycles. The first-order valence-electron chi connectivity index (χ1n) is 8.08. The van der Waals surface area contributed by atoms with Gasteiger partial charge in [0.25, 0.3) is 0 Å². The molecule has 0 bridgehead atoms. The summed E-state index contributed by atoms with van der Waals surface area (Å²) in [4.78, 5) is 14.4. The van der Waals surface area contributed by atoms with Gasteiger partial charge in [-0.15, -0.1) is 0 Å². The number of amides is 1. The zero-order valence-electron chi connectivity index (χ0n) is 13.8. The van der Waals surface area contributed by atoms with E-state index in [9.17, 15) is 4.79 Å². The van der Waals surface area contributed by atoms with Crippen LogP contribution in [0, 0.1) is 0 Å². The SMILES string of the molecule is COc1cccc(/C(C)=C/C(=O)N2CCC3(CNCCO3)C2)c1. The summed E-state index contributed by atoms with van der Waals surface area (Å²) in [5.41, 5.74) is 1.76. The molecule has 1 unspecified atom stereocenters. The molecule has 0 radical (unpaired) electrons. The van der Waals surface area contributed by atoms with Crippen molar-refractivity contribution in [2.75, 3.05) is 39.9 Å². The van der Waals surface area contributed by atoms with E-state index in [0.717, 1.165) is 49.5 Å². The van der Waals surface area contributed by atoms with Gasteiger partial charge >= 0.3 is 0 Å². The topological polar surface area (TPSA) is 50.8 Å². The first-order valence-corrected chi connectivity index (χ1v) is 8.08. The molecule has 1 aromatic rings. The minimum Gasteiger partial charge on any atom is -0.497 e. The van der Waals surface area contributed by atoms with Crippen molar-refractivity contribution < 1.29 is 14.3 Å². The highest BCUT2D eigenvalue weighted by Gasteiger charge is 2.41. The highest BCUT2D eigenvalue weighted by Crippen LogP contribution is 2.27. The van der Waals surface area contributed by atoms with E-state index in [2.05, 4.69) is 5.32 Å². The van der Waals surface area contributed by atoms with Crippen molar-refractivity contribution in [2.24, 2.45) is 0 Å². The van der Waals surface area contributed by atoms with Gasteiger partial charge < -0.3 is 19.7 Å². The monoisotopic (exact) mass is 316 g/mol. The van der Waals surface area contributed by atoms with Gasteiger partial charge in [0.1, 0.15) is 5.75 Å². The Hall–Kier alpha value is -1.85. The highest BCUT2D eigenvalue weighted by atomic mass is 16.5. The quantitative estimate of drug-likeness (QED) is 0.862. The molecule has 1 N–H and O–H groups in total. The van der Waals surface area contributed by atoms with Crippen LogP contribution in [0.3, 0.4) is 0 Å². The predicted molar refractivity (Wildman–Crippen MR) is 89.4 cm³/mol. The molecule has 5 nitrogen and oxygen atoms in total. The molecule has 2 fully saturated rings. The Morgan fingerprint density at radius 3 is 3.09 bits per heavy atom. The number of hydrogen-bond donors (Lipinski definition) is 1. The second-order valence-electron chi connectivity index (χ2n) is 6.28. The second kappa shape index (κ2) is 6.72. The van der Waals surface area contributed by atoms with E-state index >= 15 is 0 Å². The van der Waals surface area contributed by atoms with E-state index in [0.29, 0.717) is 6.54 Å². The average Bonchev–Trinajstić information content (AvgIpc) is 2.99. The molecule has 1 aromatic carbocycles. The third-order valence-corrected chi connectivity index (χ3v) is 4.63. The number of benzene rings is 1. The Labute approximate surface area is 137 Å². The Bertz CT molecular complexity index is 606. The lowest BCUT2D eigenvalue weighted by atomic mass is 10.0. The Balaban J connectivity index is 1.68. The fourth-order valence-electron chi connectivity index (χ4n) is 3.23.